The molecule has 0 aliphatic heterocycles. The van der Waals surface area contributed by atoms with E-state index >= 15 is 0 Å². The predicted octanol–water partition coefficient (Wildman–Crippen LogP) is 5.46. The average Bonchev–Trinajstić information content (AvgIpc) is 3.41. The van der Waals surface area contributed by atoms with Crippen molar-refractivity contribution < 1.29 is 41.8 Å². The highest BCUT2D eigenvalue weighted by Gasteiger charge is 2.68. The molecule has 1 saturated carbocycles. The van der Waals surface area contributed by atoms with Gasteiger partial charge in [-0.2, -0.15) is 22.8 Å². The fourth-order valence-electron chi connectivity index (χ4n) is 4.76. The largest absolute Gasteiger partial charge is 0.465 e. The maximum absolute atomic E-state index is 14.4. The predicted molar refractivity (Wildman–Crippen MR) is 128 cm³/mol. The zero-order chi connectivity index (χ0) is 27.6. The van der Waals surface area contributed by atoms with Crippen molar-refractivity contribution in [3.8, 4) is 11.8 Å². The average molecular weight is 537 g/mol. The molecule has 1 fully saturated rings. The zero-order valence-corrected chi connectivity index (χ0v) is 21.4. The molecule has 10 heteroatoms. The Labute approximate surface area is 217 Å². The molecule has 0 N–H and O–H groups in total. The Morgan fingerprint density at radius 3 is 2.35 bits per heavy atom. The van der Waals surface area contributed by atoms with E-state index in [2.05, 4.69) is 11.8 Å². The van der Waals surface area contributed by atoms with Gasteiger partial charge in [0.1, 0.15) is 4.88 Å². The van der Waals surface area contributed by atoms with Crippen LogP contribution >= 0.6 is 11.3 Å². The van der Waals surface area contributed by atoms with Crippen LogP contribution in [0.5, 0.6) is 0 Å². The van der Waals surface area contributed by atoms with Crippen molar-refractivity contribution in [2.24, 2.45) is 17.8 Å². The zero-order valence-electron chi connectivity index (χ0n) is 20.6. The maximum Gasteiger partial charge on any atom is 0.428 e. The van der Waals surface area contributed by atoms with Crippen LogP contribution in [-0.2, 0) is 30.3 Å². The molecule has 0 spiro atoms. The van der Waals surface area contributed by atoms with Gasteiger partial charge in [-0.1, -0.05) is 37.0 Å². The van der Waals surface area contributed by atoms with Gasteiger partial charge in [0.15, 0.2) is 0 Å². The van der Waals surface area contributed by atoms with Gasteiger partial charge in [0, 0.05) is 35.6 Å². The fourth-order valence-corrected chi connectivity index (χ4v) is 5.73. The number of hydrogen-bond donors (Lipinski definition) is 0. The standard InChI is InChI=1S/C26H27F3O4S.CO2/c1-17-16-25(26(27,28)29,33-18(2)30)22(21(17)14-12-19-8-5-4-6-9-19)11-7-10-20-13-15-23(34-20)24(31)32-3;2-1-3/h4-6,8-9,13,15,17,21-22H,7,10-11,16H2,1-3H3;/t17-,21+,22-,25+;/m1./s1. The Kier molecular flexibility index (Phi) is 10.7. The number of ether oxygens (including phenoxy) is 2. The molecule has 1 aliphatic rings. The molecule has 0 amide bonds. The summed E-state index contributed by atoms with van der Waals surface area (Å²) in [6.07, 6.45) is -3.68. The first kappa shape index (κ1) is 29.8. The second kappa shape index (κ2) is 13.2. The minimum Gasteiger partial charge on any atom is -0.465 e. The molecule has 0 radical (unpaired) electrons. The van der Waals surface area contributed by atoms with E-state index < -0.39 is 41.5 Å². The Bertz CT molecular complexity index is 1160. The summed E-state index contributed by atoms with van der Waals surface area (Å²) < 4.78 is 53.1. The third kappa shape index (κ3) is 7.54. The normalized spacial score (nSPS) is 22.5. The van der Waals surface area contributed by atoms with E-state index in [0.29, 0.717) is 17.7 Å². The molecule has 1 aromatic carbocycles. The molecule has 4 atom stereocenters. The van der Waals surface area contributed by atoms with Crippen molar-refractivity contribution in [1.29, 1.82) is 0 Å². The Hall–Kier alpha value is -3.41. The molecule has 1 aliphatic carbocycles. The van der Waals surface area contributed by atoms with E-state index in [1.165, 1.54) is 18.4 Å². The lowest BCUT2D eigenvalue weighted by Gasteiger charge is -2.37. The number of methoxy groups -OCH3 is 1. The molecule has 1 aromatic heterocycles. The van der Waals surface area contributed by atoms with Crippen LogP contribution in [0.3, 0.4) is 0 Å². The van der Waals surface area contributed by atoms with Gasteiger partial charge in [-0.05, 0) is 49.4 Å². The van der Waals surface area contributed by atoms with E-state index in [-0.39, 0.29) is 19.0 Å². The summed E-state index contributed by atoms with van der Waals surface area (Å²) in [5.41, 5.74) is -1.85. The van der Waals surface area contributed by atoms with Crippen molar-refractivity contribution in [3.63, 3.8) is 0 Å². The van der Waals surface area contributed by atoms with Gasteiger partial charge in [-0.15, -0.1) is 11.3 Å². The summed E-state index contributed by atoms with van der Waals surface area (Å²) in [7, 11) is 1.30. The molecule has 0 saturated heterocycles. The van der Waals surface area contributed by atoms with Crippen LogP contribution < -0.4 is 0 Å². The minimum absolute atomic E-state index is 0.177. The summed E-state index contributed by atoms with van der Waals surface area (Å²) >= 11 is 1.26. The van der Waals surface area contributed by atoms with Gasteiger partial charge in [0.2, 0.25) is 5.60 Å². The Balaban J connectivity index is 0.00000153. The van der Waals surface area contributed by atoms with Gasteiger partial charge in [0.25, 0.3) is 0 Å². The highest BCUT2D eigenvalue weighted by Crippen LogP contribution is 2.56. The summed E-state index contributed by atoms with van der Waals surface area (Å²) in [6, 6.07) is 12.5. The summed E-state index contributed by atoms with van der Waals surface area (Å²) in [6.45, 7) is 2.74. The lowest BCUT2D eigenvalue weighted by atomic mass is 9.80. The van der Waals surface area contributed by atoms with E-state index in [1.807, 2.05) is 18.2 Å². The van der Waals surface area contributed by atoms with Crippen LogP contribution in [0.1, 0.15) is 53.2 Å². The molecule has 1 heterocycles. The number of hydrogen-bond acceptors (Lipinski definition) is 7. The van der Waals surface area contributed by atoms with Crippen LogP contribution in [0.2, 0.25) is 0 Å². The number of alkyl halides is 3. The Morgan fingerprint density at radius 1 is 1.14 bits per heavy atom. The van der Waals surface area contributed by atoms with E-state index in [0.717, 1.165) is 17.4 Å². The van der Waals surface area contributed by atoms with Crippen LogP contribution in [0.4, 0.5) is 13.2 Å². The molecule has 6 nitrogen and oxygen atoms in total. The first-order chi connectivity index (χ1) is 17.5. The first-order valence-electron chi connectivity index (χ1n) is 11.5. The van der Waals surface area contributed by atoms with Crippen molar-refractivity contribution in [3.05, 3.63) is 57.8 Å². The number of halogens is 3. The molecule has 2 aromatic rings. The summed E-state index contributed by atoms with van der Waals surface area (Å²) in [4.78, 5) is 41.0. The van der Waals surface area contributed by atoms with E-state index in [4.69, 9.17) is 19.1 Å². The lowest BCUT2D eigenvalue weighted by molar-refractivity contribution is -0.283. The monoisotopic (exact) mass is 536 g/mol. The number of carbonyl (C=O) groups excluding carboxylic acids is 4. The smallest absolute Gasteiger partial charge is 0.428 e. The van der Waals surface area contributed by atoms with Crippen LogP contribution in [0, 0.1) is 29.6 Å². The Morgan fingerprint density at radius 2 is 1.78 bits per heavy atom. The molecular weight excluding hydrogens is 509 g/mol. The lowest BCUT2D eigenvalue weighted by Crippen LogP contribution is -2.52. The maximum atomic E-state index is 14.4. The van der Waals surface area contributed by atoms with Gasteiger partial charge in [-0.3, -0.25) is 4.79 Å². The third-order valence-electron chi connectivity index (χ3n) is 6.22. The summed E-state index contributed by atoms with van der Waals surface area (Å²) in [5, 5.41) is 0. The van der Waals surface area contributed by atoms with Crippen molar-refractivity contribution in [2.45, 2.75) is 51.3 Å². The van der Waals surface area contributed by atoms with Gasteiger partial charge < -0.3 is 9.47 Å². The fraction of sp³-hybridized carbons (Fsp3) is 0.444. The van der Waals surface area contributed by atoms with Gasteiger partial charge in [0.05, 0.1) is 7.11 Å². The number of benzene rings is 1. The number of carbonyl (C=O) groups is 2. The van der Waals surface area contributed by atoms with Gasteiger partial charge in [-0.25, -0.2) is 4.79 Å². The first-order valence-corrected chi connectivity index (χ1v) is 12.3. The van der Waals surface area contributed by atoms with Crippen LogP contribution in [0.15, 0.2) is 42.5 Å². The van der Waals surface area contributed by atoms with Crippen LogP contribution in [-0.4, -0.2) is 37.0 Å². The van der Waals surface area contributed by atoms with Crippen molar-refractivity contribution >= 4 is 29.4 Å². The third-order valence-corrected chi connectivity index (χ3v) is 7.34. The van der Waals surface area contributed by atoms with Crippen molar-refractivity contribution in [2.75, 3.05) is 7.11 Å². The molecule has 0 bridgehead atoms. The SMILES string of the molecule is COC(=O)c1ccc(CCC[C@@H]2[C@@H](C#Cc3ccccc3)[C@H](C)C[C@@]2(OC(C)=O)C(F)(F)F)s1.O=C=O. The number of rotatable bonds is 6. The molecular formula is C27H27F3O6S. The quantitative estimate of drug-likeness (QED) is 0.360. The number of esters is 2. The topological polar surface area (TPSA) is 86.7 Å². The molecule has 37 heavy (non-hydrogen) atoms. The second-order valence-corrected chi connectivity index (χ2v) is 9.83. The highest BCUT2D eigenvalue weighted by molar-refractivity contribution is 7.13. The molecule has 198 valence electrons. The van der Waals surface area contributed by atoms with Gasteiger partial charge >= 0.3 is 24.3 Å². The molecule has 0 unspecified atom stereocenters. The highest BCUT2D eigenvalue weighted by atomic mass is 32.1. The van der Waals surface area contributed by atoms with Crippen LogP contribution in [0.25, 0.3) is 0 Å². The second-order valence-electron chi connectivity index (χ2n) is 8.66. The minimum atomic E-state index is -4.72. The number of thiophene rings is 1. The van der Waals surface area contributed by atoms with E-state index in [9.17, 15) is 22.8 Å². The summed E-state index contributed by atoms with van der Waals surface area (Å²) in [5.74, 6) is 2.70. The van der Waals surface area contributed by atoms with E-state index in [1.54, 1.807) is 31.2 Å². The van der Waals surface area contributed by atoms with Crippen molar-refractivity contribution in [1.82, 2.24) is 0 Å². The molecule has 3 rings (SSSR count). The number of aryl methyl sites for hydroxylation is 1.